The van der Waals surface area contributed by atoms with Crippen molar-refractivity contribution in [1.29, 1.82) is 0 Å². The molecule has 6 heteroatoms. The molecule has 0 aliphatic rings. The maximum absolute atomic E-state index is 12.7. The van der Waals surface area contributed by atoms with Gasteiger partial charge in [0, 0.05) is 19.3 Å². The summed E-state index contributed by atoms with van der Waals surface area (Å²) in [5.74, 6) is 0.630. The van der Waals surface area contributed by atoms with Crippen molar-refractivity contribution in [3.8, 4) is 0 Å². The number of ether oxygens (including phenoxy) is 1. The summed E-state index contributed by atoms with van der Waals surface area (Å²) in [6.07, 6.45) is -0.520. The number of carbonyl (C=O) groups excluding carboxylic acids is 2. The molecule has 0 heterocycles. The maximum Gasteiger partial charge on any atom is 0.410 e. The Labute approximate surface area is 155 Å². The maximum atomic E-state index is 12.7. The highest BCUT2D eigenvalue weighted by molar-refractivity contribution is 7.99. The molecule has 0 spiro atoms. The van der Waals surface area contributed by atoms with Gasteiger partial charge in [-0.1, -0.05) is 44.2 Å². The molecule has 2 amide bonds. The molecule has 1 atom stereocenters. The second kappa shape index (κ2) is 9.70. The zero-order chi connectivity index (χ0) is 19.0. The van der Waals surface area contributed by atoms with Crippen LogP contribution in [0.4, 0.5) is 4.79 Å². The monoisotopic (exact) mass is 366 g/mol. The van der Waals surface area contributed by atoms with Crippen LogP contribution in [0.25, 0.3) is 0 Å². The van der Waals surface area contributed by atoms with Crippen LogP contribution < -0.4 is 5.32 Å². The van der Waals surface area contributed by atoms with Crippen LogP contribution in [0.1, 0.15) is 46.2 Å². The van der Waals surface area contributed by atoms with E-state index < -0.39 is 17.7 Å². The van der Waals surface area contributed by atoms with Gasteiger partial charge >= 0.3 is 6.09 Å². The van der Waals surface area contributed by atoms with Crippen molar-refractivity contribution >= 4 is 23.8 Å². The molecule has 0 aliphatic heterocycles. The molecule has 1 aromatic carbocycles. The molecule has 140 valence electrons. The zero-order valence-corrected chi connectivity index (χ0v) is 16.9. The van der Waals surface area contributed by atoms with Gasteiger partial charge in [0.1, 0.15) is 11.6 Å². The van der Waals surface area contributed by atoms with E-state index in [2.05, 4.69) is 19.2 Å². The second-order valence-electron chi connectivity index (χ2n) is 7.12. The summed E-state index contributed by atoms with van der Waals surface area (Å²) >= 11 is 1.78. The molecule has 0 saturated carbocycles. The molecule has 0 bridgehead atoms. The quantitative estimate of drug-likeness (QED) is 0.745. The third-order valence-corrected chi connectivity index (χ3v) is 4.39. The molecule has 1 N–H and O–H groups in total. The van der Waals surface area contributed by atoms with E-state index >= 15 is 0 Å². The third-order valence-electron chi connectivity index (χ3n) is 3.28. The van der Waals surface area contributed by atoms with Crippen molar-refractivity contribution in [2.45, 2.75) is 51.5 Å². The van der Waals surface area contributed by atoms with E-state index in [1.807, 2.05) is 30.3 Å². The fraction of sp³-hybridized carbons (Fsp3) is 0.579. The topological polar surface area (TPSA) is 58.6 Å². The Bertz CT molecular complexity index is 556. The Morgan fingerprint density at radius 3 is 2.32 bits per heavy atom. The molecule has 1 aromatic rings. The highest BCUT2D eigenvalue weighted by Gasteiger charge is 2.31. The van der Waals surface area contributed by atoms with Crippen molar-refractivity contribution in [2.75, 3.05) is 19.3 Å². The lowest BCUT2D eigenvalue weighted by atomic mass is 10.1. The van der Waals surface area contributed by atoms with Gasteiger partial charge in [-0.15, -0.1) is 0 Å². The predicted octanol–water partition coefficient (Wildman–Crippen LogP) is 3.85. The fourth-order valence-corrected chi connectivity index (χ4v) is 2.88. The van der Waals surface area contributed by atoms with Gasteiger partial charge in [-0.25, -0.2) is 4.79 Å². The number of nitrogens with zero attached hydrogens (tertiary/aromatic N) is 1. The molecule has 1 rings (SSSR count). The van der Waals surface area contributed by atoms with Gasteiger partial charge in [0.2, 0.25) is 5.91 Å². The Balaban J connectivity index is 2.86. The summed E-state index contributed by atoms with van der Waals surface area (Å²) in [6, 6.07) is 8.55. The fourth-order valence-electron chi connectivity index (χ4n) is 2.19. The van der Waals surface area contributed by atoms with E-state index in [0.29, 0.717) is 11.8 Å². The van der Waals surface area contributed by atoms with Crippen LogP contribution in [0, 0.1) is 0 Å². The molecule has 0 saturated heterocycles. The standard InChI is InChI=1S/C19H30N2O3S/c1-14(2)25-13-12-20-17(22)16(15-10-8-7-9-11-15)21(6)18(23)24-19(3,4)5/h7-11,14,16H,12-13H2,1-6H3,(H,20,22). The normalized spacial score (nSPS) is 12.6. The minimum absolute atomic E-state index is 0.205. The molecular formula is C19H30N2O3S. The number of likely N-dealkylation sites (N-methyl/N-ethyl adjacent to an activating group) is 1. The highest BCUT2D eigenvalue weighted by atomic mass is 32.2. The number of rotatable bonds is 7. The van der Waals surface area contributed by atoms with Crippen LogP contribution in [-0.4, -0.2) is 47.1 Å². The average molecular weight is 367 g/mol. The van der Waals surface area contributed by atoms with Crippen LogP contribution in [0.2, 0.25) is 0 Å². The van der Waals surface area contributed by atoms with Crippen LogP contribution >= 0.6 is 11.8 Å². The Morgan fingerprint density at radius 2 is 1.80 bits per heavy atom. The number of amides is 2. The summed E-state index contributed by atoms with van der Waals surface area (Å²) in [4.78, 5) is 26.5. The van der Waals surface area contributed by atoms with Gasteiger partial charge < -0.3 is 10.1 Å². The smallest absolute Gasteiger partial charge is 0.410 e. The van der Waals surface area contributed by atoms with Crippen LogP contribution in [0.5, 0.6) is 0 Å². The summed E-state index contributed by atoms with van der Waals surface area (Å²) in [5, 5.41) is 3.45. The first-order valence-electron chi connectivity index (χ1n) is 8.52. The number of hydrogen-bond acceptors (Lipinski definition) is 4. The number of nitrogens with one attached hydrogen (secondary N) is 1. The first kappa shape index (κ1) is 21.4. The van der Waals surface area contributed by atoms with Gasteiger partial charge in [0.25, 0.3) is 0 Å². The number of thioether (sulfide) groups is 1. The minimum Gasteiger partial charge on any atom is -0.444 e. The molecular weight excluding hydrogens is 336 g/mol. The van der Waals surface area contributed by atoms with Crippen molar-refractivity contribution in [3.63, 3.8) is 0 Å². The van der Waals surface area contributed by atoms with E-state index in [0.717, 1.165) is 11.3 Å². The predicted molar refractivity (Wildman–Crippen MR) is 104 cm³/mol. The van der Waals surface area contributed by atoms with Crippen molar-refractivity contribution in [3.05, 3.63) is 35.9 Å². The van der Waals surface area contributed by atoms with Crippen molar-refractivity contribution < 1.29 is 14.3 Å². The summed E-state index contributed by atoms with van der Waals surface area (Å²) in [7, 11) is 1.59. The number of benzene rings is 1. The zero-order valence-electron chi connectivity index (χ0n) is 16.0. The average Bonchev–Trinajstić information content (AvgIpc) is 2.51. The van der Waals surface area contributed by atoms with Gasteiger partial charge in [-0.3, -0.25) is 9.69 Å². The number of carbonyl (C=O) groups is 2. The Morgan fingerprint density at radius 1 is 1.20 bits per heavy atom. The molecule has 1 unspecified atom stereocenters. The van der Waals surface area contributed by atoms with E-state index in [-0.39, 0.29) is 5.91 Å². The summed E-state index contributed by atoms with van der Waals surface area (Å²) < 4.78 is 5.41. The summed E-state index contributed by atoms with van der Waals surface area (Å²) in [6.45, 7) is 10.2. The first-order chi connectivity index (χ1) is 11.6. The lowest BCUT2D eigenvalue weighted by Crippen LogP contribution is -2.44. The molecule has 0 radical (unpaired) electrons. The van der Waals surface area contributed by atoms with E-state index in [9.17, 15) is 9.59 Å². The molecule has 5 nitrogen and oxygen atoms in total. The third kappa shape index (κ3) is 7.82. The Kier molecular flexibility index (Phi) is 8.29. The molecule has 0 fully saturated rings. The van der Waals surface area contributed by atoms with Gasteiger partial charge in [-0.2, -0.15) is 11.8 Å². The van der Waals surface area contributed by atoms with Gasteiger partial charge in [-0.05, 0) is 31.6 Å². The second-order valence-corrected chi connectivity index (χ2v) is 8.80. The largest absolute Gasteiger partial charge is 0.444 e. The SMILES string of the molecule is CC(C)SCCNC(=O)C(c1ccccc1)N(C)C(=O)OC(C)(C)C. The van der Waals surface area contributed by atoms with Gasteiger partial charge in [0.05, 0.1) is 0 Å². The number of hydrogen-bond donors (Lipinski definition) is 1. The first-order valence-corrected chi connectivity index (χ1v) is 9.56. The van der Waals surface area contributed by atoms with E-state index in [1.54, 1.807) is 39.6 Å². The van der Waals surface area contributed by atoms with Crippen LogP contribution in [0.3, 0.4) is 0 Å². The molecule has 25 heavy (non-hydrogen) atoms. The minimum atomic E-state index is -0.722. The van der Waals surface area contributed by atoms with Crippen LogP contribution in [-0.2, 0) is 9.53 Å². The Hall–Kier alpha value is -1.69. The van der Waals surface area contributed by atoms with Crippen molar-refractivity contribution in [1.82, 2.24) is 10.2 Å². The van der Waals surface area contributed by atoms with E-state index in [1.165, 1.54) is 4.90 Å². The highest BCUT2D eigenvalue weighted by Crippen LogP contribution is 2.22. The van der Waals surface area contributed by atoms with Crippen molar-refractivity contribution in [2.24, 2.45) is 0 Å². The summed E-state index contributed by atoms with van der Waals surface area (Å²) in [5.41, 5.74) is 0.140. The van der Waals surface area contributed by atoms with Gasteiger partial charge in [0.15, 0.2) is 0 Å². The lowest BCUT2D eigenvalue weighted by molar-refractivity contribution is -0.126. The van der Waals surface area contributed by atoms with E-state index in [4.69, 9.17) is 4.74 Å². The lowest BCUT2D eigenvalue weighted by Gasteiger charge is -2.30. The molecule has 0 aliphatic carbocycles. The van der Waals surface area contributed by atoms with Crippen LogP contribution in [0.15, 0.2) is 30.3 Å². The molecule has 0 aromatic heterocycles.